The molecule has 1 atom stereocenters. The quantitative estimate of drug-likeness (QED) is 0.757. The van der Waals surface area contributed by atoms with E-state index in [1.807, 2.05) is 26.0 Å². The van der Waals surface area contributed by atoms with Crippen molar-refractivity contribution in [3.63, 3.8) is 0 Å². The van der Waals surface area contributed by atoms with Crippen molar-refractivity contribution < 1.29 is 14.3 Å². The van der Waals surface area contributed by atoms with E-state index in [9.17, 15) is 4.79 Å². The molecule has 1 N–H and O–H groups in total. The van der Waals surface area contributed by atoms with Crippen molar-refractivity contribution in [1.82, 2.24) is 10.3 Å². The van der Waals surface area contributed by atoms with Crippen LogP contribution in [-0.4, -0.2) is 30.1 Å². The summed E-state index contributed by atoms with van der Waals surface area (Å²) < 4.78 is 11.3. The zero-order valence-electron chi connectivity index (χ0n) is 14.0. The van der Waals surface area contributed by atoms with Gasteiger partial charge < -0.3 is 14.8 Å². The summed E-state index contributed by atoms with van der Waals surface area (Å²) in [5.41, 5.74) is 1.39. The third kappa shape index (κ3) is 5.43. The van der Waals surface area contributed by atoms with Crippen LogP contribution in [0.4, 0.5) is 0 Å². The highest BCUT2D eigenvalue weighted by atomic mass is 16.5. The number of hydrogen-bond donors (Lipinski definition) is 1. The van der Waals surface area contributed by atoms with Crippen molar-refractivity contribution in [3.8, 4) is 11.5 Å². The maximum Gasteiger partial charge on any atom is 0.255 e. The van der Waals surface area contributed by atoms with Crippen LogP contribution < -0.4 is 14.8 Å². The molecule has 5 heteroatoms. The molecule has 0 fully saturated rings. The second-order valence-corrected chi connectivity index (χ2v) is 5.57. The van der Waals surface area contributed by atoms with Gasteiger partial charge in [-0.25, -0.2) is 0 Å². The van der Waals surface area contributed by atoms with Gasteiger partial charge in [0.15, 0.2) is 0 Å². The number of carbonyl (C=O) groups is 1. The molecule has 0 aliphatic heterocycles. The van der Waals surface area contributed by atoms with Crippen molar-refractivity contribution in [2.24, 2.45) is 0 Å². The largest absolute Gasteiger partial charge is 0.488 e. The molecule has 0 saturated carbocycles. The molecule has 126 valence electrons. The number of nitrogens with one attached hydrogen (secondary N) is 1. The van der Waals surface area contributed by atoms with Crippen LogP contribution in [0.1, 0.15) is 24.2 Å². The van der Waals surface area contributed by atoms with E-state index in [1.165, 1.54) is 0 Å². The number of rotatable bonds is 8. The van der Waals surface area contributed by atoms with Crippen molar-refractivity contribution in [2.75, 3.05) is 13.2 Å². The van der Waals surface area contributed by atoms with E-state index in [-0.39, 0.29) is 12.0 Å². The Morgan fingerprint density at radius 2 is 2.08 bits per heavy atom. The molecule has 1 aromatic carbocycles. The number of nitrogens with zero attached hydrogens (tertiary/aromatic N) is 1. The Bertz CT molecular complexity index is 686. The summed E-state index contributed by atoms with van der Waals surface area (Å²) in [7, 11) is 0. The summed E-state index contributed by atoms with van der Waals surface area (Å²) in [6, 6.07) is 10.8. The lowest BCUT2D eigenvalue weighted by Crippen LogP contribution is -2.33. The molecule has 1 amide bonds. The first-order chi connectivity index (χ1) is 11.6. The fourth-order valence-electron chi connectivity index (χ4n) is 2.00. The summed E-state index contributed by atoms with van der Waals surface area (Å²) in [5.74, 6) is 1.01. The lowest BCUT2D eigenvalue weighted by molar-refractivity contribution is 0.0928. The second kappa shape index (κ2) is 8.72. The van der Waals surface area contributed by atoms with Crippen LogP contribution in [-0.2, 0) is 0 Å². The van der Waals surface area contributed by atoms with E-state index < -0.39 is 0 Å². The lowest BCUT2D eigenvalue weighted by Gasteiger charge is -2.16. The molecule has 2 aromatic rings. The standard InChI is InChI=1S/C19H22N2O3/c1-14(2)13-23-18-9-5-4-8-17(18)19(22)21-11-15(3)24-16-7-6-10-20-12-16/h4-10,12,15H,1,11,13H2,2-3H3,(H,21,22). The molecule has 1 heterocycles. The Morgan fingerprint density at radius 1 is 1.29 bits per heavy atom. The van der Waals surface area contributed by atoms with Gasteiger partial charge in [-0.3, -0.25) is 9.78 Å². The Hall–Kier alpha value is -2.82. The van der Waals surface area contributed by atoms with E-state index in [0.717, 1.165) is 5.57 Å². The normalized spacial score (nSPS) is 11.4. The predicted octanol–water partition coefficient (Wildman–Crippen LogP) is 3.23. The van der Waals surface area contributed by atoms with Crippen molar-refractivity contribution in [2.45, 2.75) is 20.0 Å². The molecule has 0 aliphatic carbocycles. The van der Waals surface area contributed by atoms with Crippen LogP contribution in [0.15, 0.2) is 60.9 Å². The molecule has 1 aromatic heterocycles. The highest BCUT2D eigenvalue weighted by Crippen LogP contribution is 2.18. The maximum atomic E-state index is 12.4. The third-order valence-corrected chi connectivity index (χ3v) is 3.13. The molecule has 0 spiro atoms. The van der Waals surface area contributed by atoms with Crippen LogP contribution in [0.5, 0.6) is 11.5 Å². The molecule has 0 radical (unpaired) electrons. The van der Waals surface area contributed by atoms with E-state index in [1.54, 1.807) is 36.7 Å². The van der Waals surface area contributed by atoms with Gasteiger partial charge >= 0.3 is 0 Å². The summed E-state index contributed by atoms with van der Waals surface area (Å²) in [6.45, 7) is 8.32. The van der Waals surface area contributed by atoms with Crippen LogP contribution in [0.25, 0.3) is 0 Å². The van der Waals surface area contributed by atoms with Crippen LogP contribution in [0, 0.1) is 0 Å². The van der Waals surface area contributed by atoms with E-state index in [0.29, 0.717) is 30.2 Å². The minimum atomic E-state index is -0.200. The van der Waals surface area contributed by atoms with Gasteiger partial charge in [-0.2, -0.15) is 0 Å². The zero-order valence-corrected chi connectivity index (χ0v) is 14.0. The number of aromatic nitrogens is 1. The van der Waals surface area contributed by atoms with E-state index in [4.69, 9.17) is 9.47 Å². The van der Waals surface area contributed by atoms with Gasteiger partial charge in [-0.1, -0.05) is 18.7 Å². The number of carbonyl (C=O) groups excluding carboxylic acids is 1. The lowest BCUT2D eigenvalue weighted by atomic mass is 10.2. The summed E-state index contributed by atoms with van der Waals surface area (Å²) in [6.07, 6.45) is 3.14. The van der Waals surface area contributed by atoms with Gasteiger partial charge in [0.2, 0.25) is 0 Å². The Morgan fingerprint density at radius 3 is 2.79 bits per heavy atom. The highest BCUT2D eigenvalue weighted by molar-refractivity contribution is 5.96. The predicted molar refractivity (Wildman–Crippen MR) is 93.4 cm³/mol. The first kappa shape index (κ1) is 17.5. The summed E-state index contributed by atoms with van der Waals surface area (Å²) >= 11 is 0. The SMILES string of the molecule is C=C(C)COc1ccccc1C(=O)NCC(C)Oc1cccnc1. The van der Waals surface area contributed by atoms with E-state index >= 15 is 0 Å². The Balaban J connectivity index is 1.91. The van der Waals surface area contributed by atoms with Gasteiger partial charge in [0.25, 0.3) is 5.91 Å². The first-order valence-corrected chi connectivity index (χ1v) is 7.77. The van der Waals surface area contributed by atoms with Crippen molar-refractivity contribution >= 4 is 5.91 Å². The number of pyridine rings is 1. The number of benzene rings is 1. The Labute approximate surface area is 142 Å². The molecule has 2 rings (SSSR count). The topological polar surface area (TPSA) is 60.5 Å². The van der Waals surface area contributed by atoms with Crippen molar-refractivity contribution in [1.29, 1.82) is 0 Å². The van der Waals surface area contributed by atoms with Crippen LogP contribution >= 0.6 is 0 Å². The van der Waals surface area contributed by atoms with Crippen molar-refractivity contribution in [3.05, 3.63) is 66.5 Å². The molecule has 1 unspecified atom stereocenters. The molecular weight excluding hydrogens is 304 g/mol. The average Bonchev–Trinajstić information content (AvgIpc) is 2.59. The fraction of sp³-hybridized carbons (Fsp3) is 0.263. The molecule has 24 heavy (non-hydrogen) atoms. The molecule has 0 bridgehead atoms. The maximum absolute atomic E-state index is 12.4. The second-order valence-electron chi connectivity index (χ2n) is 5.57. The summed E-state index contributed by atoms with van der Waals surface area (Å²) in [4.78, 5) is 16.4. The minimum absolute atomic E-state index is 0.179. The Kier molecular flexibility index (Phi) is 6.37. The zero-order chi connectivity index (χ0) is 17.4. The third-order valence-electron chi connectivity index (χ3n) is 3.13. The number of para-hydroxylation sites is 1. The number of amides is 1. The van der Waals surface area contributed by atoms with Gasteiger partial charge in [-0.15, -0.1) is 0 Å². The molecule has 5 nitrogen and oxygen atoms in total. The summed E-state index contributed by atoms with van der Waals surface area (Å²) in [5, 5.41) is 2.86. The number of ether oxygens (including phenoxy) is 2. The molecule has 0 aliphatic rings. The molecular formula is C19H22N2O3. The van der Waals surface area contributed by atoms with E-state index in [2.05, 4.69) is 16.9 Å². The van der Waals surface area contributed by atoms with Gasteiger partial charge in [0.05, 0.1) is 18.3 Å². The molecule has 0 saturated heterocycles. The first-order valence-electron chi connectivity index (χ1n) is 7.77. The highest BCUT2D eigenvalue weighted by Gasteiger charge is 2.13. The monoisotopic (exact) mass is 326 g/mol. The fourth-order valence-corrected chi connectivity index (χ4v) is 2.00. The van der Waals surface area contributed by atoms with Crippen LogP contribution in [0.2, 0.25) is 0 Å². The van der Waals surface area contributed by atoms with Crippen LogP contribution in [0.3, 0.4) is 0 Å². The van der Waals surface area contributed by atoms with Gasteiger partial charge in [0, 0.05) is 6.20 Å². The van der Waals surface area contributed by atoms with Gasteiger partial charge in [0.1, 0.15) is 24.2 Å². The number of hydrogen-bond acceptors (Lipinski definition) is 4. The average molecular weight is 326 g/mol. The minimum Gasteiger partial charge on any atom is -0.488 e. The smallest absolute Gasteiger partial charge is 0.255 e. The van der Waals surface area contributed by atoms with Gasteiger partial charge in [-0.05, 0) is 43.7 Å².